The predicted molar refractivity (Wildman–Crippen MR) is 98.8 cm³/mol. The van der Waals surface area contributed by atoms with Gasteiger partial charge in [-0.1, -0.05) is 23.4 Å². The summed E-state index contributed by atoms with van der Waals surface area (Å²) in [7, 11) is 0. The number of hydrogen-bond acceptors (Lipinski definition) is 6. The van der Waals surface area contributed by atoms with Crippen LogP contribution in [0.5, 0.6) is 5.75 Å². The second-order valence-corrected chi connectivity index (χ2v) is 6.86. The summed E-state index contributed by atoms with van der Waals surface area (Å²) in [5, 5.41) is 41.0. The first kappa shape index (κ1) is 17.9. The summed E-state index contributed by atoms with van der Waals surface area (Å²) in [6.07, 6.45) is 1.29. The highest BCUT2D eigenvalue weighted by Crippen LogP contribution is 2.34. The van der Waals surface area contributed by atoms with E-state index < -0.39 is 29.9 Å². The first-order valence-electron chi connectivity index (χ1n) is 8.75. The zero-order valence-corrected chi connectivity index (χ0v) is 14.7. The molecule has 1 saturated heterocycles. The lowest BCUT2D eigenvalue weighted by Gasteiger charge is -2.21. The second kappa shape index (κ2) is 6.93. The van der Waals surface area contributed by atoms with E-state index in [0.717, 1.165) is 16.3 Å². The number of benzene rings is 2. The Kier molecular flexibility index (Phi) is 4.44. The van der Waals surface area contributed by atoms with Gasteiger partial charge in [-0.15, -0.1) is 5.10 Å². The molecule has 1 fully saturated rings. The van der Waals surface area contributed by atoms with Gasteiger partial charge in [0.15, 0.2) is 0 Å². The predicted octanol–water partition coefficient (Wildman–Crippen LogP) is 1.49. The van der Waals surface area contributed by atoms with Crippen molar-refractivity contribution < 1.29 is 24.9 Å². The van der Waals surface area contributed by atoms with Crippen LogP contribution in [0.15, 0.2) is 42.6 Å². The number of nitrogens with one attached hydrogen (secondary N) is 1. The molecule has 3 atom stereocenters. The van der Waals surface area contributed by atoms with E-state index in [1.54, 1.807) is 29.1 Å². The third-order valence-corrected chi connectivity index (χ3v) is 5.15. The van der Waals surface area contributed by atoms with Crippen LogP contribution in [0, 0.1) is 5.92 Å². The molecule has 4 N–H and O–H groups in total. The zero-order chi connectivity index (χ0) is 19.8. The van der Waals surface area contributed by atoms with Crippen molar-refractivity contribution in [1.29, 1.82) is 0 Å². The number of nitrogens with zero attached hydrogens (tertiary/aromatic N) is 3. The Labute approximate surface area is 159 Å². The highest BCUT2D eigenvalue weighted by atomic mass is 16.4. The van der Waals surface area contributed by atoms with Gasteiger partial charge in [0.2, 0.25) is 0 Å². The van der Waals surface area contributed by atoms with E-state index in [2.05, 4.69) is 15.6 Å². The quantitative estimate of drug-likeness (QED) is 0.521. The van der Waals surface area contributed by atoms with Crippen molar-refractivity contribution in [3.05, 3.63) is 42.6 Å². The van der Waals surface area contributed by atoms with Crippen LogP contribution in [0.4, 0.5) is 0 Å². The van der Waals surface area contributed by atoms with Crippen molar-refractivity contribution in [3.8, 4) is 17.0 Å². The Bertz CT molecular complexity index is 1060. The molecule has 0 amide bonds. The number of aromatic nitrogens is 3. The molecule has 28 heavy (non-hydrogen) atoms. The standard InChI is InChI=1S/C19H18N4O5/c24-13-4-3-10-5-12(2-1-11(10)6-13)15-9-21-22-23(15)16-8-20-18(19(27)28)14(16)7-17(25)26/h1-6,9,14,16,18,20,24H,7-8H2,(H,25,26)(H,27,28)/t14-,16-,18-/m0/s1. The summed E-state index contributed by atoms with van der Waals surface area (Å²) >= 11 is 0. The third kappa shape index (κ3) is 3.16. The Hall–Kier alpha value is -3.46. The van der Waals surface area contributed by atoms with E-state index in [0.29, 0.717) is 5.69 Å². The smallest absolute Gasteiger partial charge is 0.321 e. The van der Waals surface area contributed by atoms with Gasteiger partial charge in [0.25, 0.3) is 0 Å². The number of aliphatic carboxylic acids is 2. The fourth-order valence-electron chi connectivity index (χ4n) is 3.85. The number of rotatable bonds is 5. The summed E-state index contributed by atoms with van der Waals surface area (Å²) in [4.78, 5) is 22.8. The molecular weight excluding hydrogens is 364 g/mol. The Balaban J connectivity index is 1.73. The van der Waals surface area contributed by atoms with Crippen LogP contribution in [0.3, 0.4) is 0 Å². The number of fused-ring (bicyclic) bond motifs is 1. The van der Waals surface area contributed by atoms with Crippen LogP contribution >= 0.6 is 0 Å². The van der Waals surface area contributed by atoms with Crippen molar-refractivity contribution in [2.45, 2.75) is 18.5 Å². The highest BCUT2D eigenvalue weighted by molar-refractivity contribution is 5.87. The summed E-state index contributed by atoms with van der Waals surface area (Å²) in [5.74, 6) is -2.62. The van der Waals surface area contributed by atoms with Gasteiger partial charge < -0.3 is 20.6 Å². The molecule has 1 aliphatic heterocycles. The van der Waals surface area contributed by atoms with Gasteiger partial charge in [0.1, 0.15) is 11.8 Å². The van der Waals surface area contributed by atoms with E-state index >= 15 is 0 Å². The van der Waals surface area contributed by atoms with Gasteiger partial charge in [0.05, 0.1) is 24.4 Å². The lowest BCUT2D eigenvalue weighted by atomic mass is 9.92. The average molecular weight is 382 g/mol. The lowest BCUT2D eigenvalue weighted by molar-refractivity contribution is -0.142. The number of carboxylic acid groups (broad SMARTS) is 2. The summed E-state index contributed by atoms with van der Waals surface area (Å²) < 4.78 is 1.60. The molecule has 4 rings (SSSR count). The van der Waals surface area contributed by atoms with E-state index in [4.69, 9.17) is 0 Å². The second-order valence-electron chi connectivity index (χ2n) is 6.86. The van der Waals surface area contributed by atoms with Crippen LogP contribution in [0.1, 0.15) is 12.5 Å². The summed E-state index contributed by atoms with van der Waals surface area (Å²) in [6.45, 7) is 0.284. The molecule has 0 bridgehead atoms. The third-order valence-electron chi connectivity index (χ3n) is 5.15. The fourth-order valence-corrected chi connectivity index (χ4v) is 3.85. The molecule has 2 aromatic carbocycles. The van der Waals surface area contributed by atoms with Gasteiger partial charge in [-0.3, -0.25) is 9.59 Å². The largest absolute Gasteiger partial charge is 0.508 e. The monoisotopic (exact) mass is 382 g/mol. The number of carbonyl (C=O) groups is 2. The molecule has 0 saturated carbocycles. The maximum Gasteiger partial charge on any atom is 0.321 e. The maximum atomic E-state index is 11.5. The number of aromatic hydroxyl groups is 1. The van der Waals surface area contributed by atoms with Crippen LogP contribution in [0.25, 0.3) is 22.0 Å². The van der Waals surface area contributed by atoms with E-state index in [-0.39, 0.29) is 18.7 Å². The van der Waals surface area contributed by atoms with Crippen LogP contribution < -0.4 is 5.32 Å². The van der Waals surface area contributed by atoms with Gasteiger partial charge >= 0.3 is 11.9 Å². The summed E-state index contributed by atoms with van der Waals surface area (Å²) in [6, 6.07) is 9.30. The minimum absolute atomic E-state index is 0.181. The first-order valence-corrected chi connectivity index (χ1v) is 8.75. The number of carboxylic acids is 2. The average Bonchev–Trinajstić information content (AvgIpc) is 3.27. The molecule has 2 heterocycles. The Morgan fingerprint density at radius 3 is 2.64 bits per heavy atom. The molecule has 0 unspecified atom stereocenters. The SMILES string of the molecule is O=C(O)C[C@@H]1[C@@H](C(=O)O)NC[C@@H]1n1nncc1-c1ccc2cc(O)ccc2c1. The molecule has 144 valence electrons. The number of phenols is 1. The minimum Gasteiger partial charge on any atom is -0.508 e. The molecule has 1 aliphatic rings. The fraction of sp³-hybridized carbons (Fsp3) is 0.263. The molecule has 9 nitrogen and oxygen atoms in total. The van der Waals surface area contributed by atoms with Gasteiger partial charge in [-0.25, -0.2) is 4.68 Å². The van der Waals surface area contributed by atoms with Crippen molar-refractivity contribution in [2.24, 2.45) is 5.92 Å². The van der Waals surface area contributed by atoms with Crippen molar-refractivity contribution in [1.82, 2.24) is 20.3 Å². The molecule has 1 aromatic heterocycles. The van der Waals surface area contributed by atoms with E-state index in [1.807, 2.05) is 18.2 Å². The van der Waals surface area contributed by atoms with Crippen LogP contribution in [-0.4, -0.2) is 54.8 Å². The first-order chi connectivity index (χ1) is 13.4. The molecule has 9 heteroatoms. The van der Waals surface area contributed by atoms with E-state index in [1.165, 1.54) is 0 Å². The Morgan fingerprint density at radius 1 is 1.14 bits per heavy atom. The Morgan fingerprint density at radius 2 is 1.89 bits per heavy atom. The van der Waals surface area contributed by atoms with Crippen molar-refractivity contribution in [2.75, 3.05) is 6.54 Å². The lowest BCUT2D eigenvalue weighted by Crippen LogP contribution is -2.37. The molecule has 0 radical (unpaired) electrons. The number of phenolic OH excluding ortho intramolecular Hbond substituents is 1. The van der Waals surface area contributed by atoms with Gasteiger partial charge in [0, 0.05) is 18.0 Å². The van der Waals surface area contributed by atoms with Crippen LogP contribution in [-0.2, 0) is 9.59 Å². The molecule has 0 spiro atoms. The number of hydrogen-bond donors (Lipinski definition) is 4. The van der Waals surface area contributed by atoms with Gasteiger partial charge in [-0.05, 0) is 29.0 Å². The van der Waals surface area contributed by atoms with Crippen molar-refractivity contribution >= 4 is 22.7 Å². The molecular formula is C19H18N4O5. The highest BCUT2D eigenvalue weighted by Gasteiger charge is 2.43. The van der Waals surface area contributed by atoms with E-state index in [9.17, 15) is 24.9 Å². The normalized spacial score (nSPS) is 21.8. The van der Waals surface area contributed by atoms with Gasteiger partial charge in [-0.2, -0.15) is 0 Å². The minimum atomic E-state index is -1.08. The molecule has 3 aromatic rings. The maximum absolute atomic E-state index is 11.5. The molecule has 0 aliphatic carbocycles. The van der Waals surface area contributed by atoms with Crippen molar-refractivity contribution in [3.63, 3.8) is 0 Å². The van der Waals surface area contributed by atoms with Crippen LogP contribution in [0.2, 0.25) is 0 Å². The topological polar surface area (TPSA) is 138 Å². The summed E-state index contributed by atoms with van der Waals surface area (Å²) in [5.41, 5.74) is 1.49. The zero-order valence-electron chi connectivity index (χ0n) is 14.7.